The molecule has 15 heavy (non-hydrogen) atoms. The number of nitrogens with one attached hydrogen (secondary N) is 1. The van der Waals surface area contributed by atoms with E-state index in [4.69, 9.17) is 21.1 Å². The molecule has 1 atom stereocenters. The fraction of sp³-hybridized carbons (Fsp3) is 0.875. The standard InChI is InChI=1S/C8H18NO3PS2/c1-4-7-15-13(14,12-6-3)9-8(10)11-5-2/h4-7H2,1-3H3,(H,9,10,14). The van der Waals surface area contributed by atoms with Gasteiger partial charge in [0.15, 0.2) is 0 Å². The van der Waals surface area contributed by atoms with E-state index in [9.17, 15) is 4.79 Å². The summed E-state index contributed by atoms with van der Waals surface area (Å²) in [6.45, 7) is 6.51. The maximum atomic E-state index is 11.2. The Morgan fingerprint density at radius 1 is 1.40 bits per heavy atom. The number of rotatable bonds is 7. The first kappa shape index (κ1) is 15.2. The molecule has 0 aliphatic rings. The van der Waals surface area contributed by atoms with Crippen molar-refractivity contribution in [1.29, 1.82) is 0 Å². The van der Waals surface area contributed by atoms with Crippen LogP contribution in [0.4, 0.5) is 4.79 Å². The monoisotopic (exact) mass is 271 g/mol. The first-order chi connectivity index (χ1) is 7.08. The Balaban J connectivity index is 4.23. The van der Waals surface area contributed by atoms with Gasteiger partial charge in [0.25, 0.3) is 0 Å². The Hall–Kier alpha value is 0.230. The summed E-state index contributed by atoms with van der Waals surface area (Å²) in [7, 11) is 0. The molecule has 0 aromatic heterocycles. The van der Waals surface area contributed by atoms with Crippen molar-refractivity contribution in [2.45, 2.75) is 27.2 Å². The predicted octanol–water partition coefficient (Wildman–Crippen LogP) is 3.14. The number of ether oxygens (including phenoxy) is 1. The van der Waals surface area contributed by atoms with Crippen molar-refractivity contribution in [3.8, 4) is 0 Å². The summed E-state index contributed by atoms with van der Waals surface area (Å²) in [6, 6.07) is 0. The molecule has 0 saturated heterocycles. The SMILES string of the molecule is CCCSP(=S)(NC(=O)OCC)OCC. The van der Waals surface area contributed by atoms with Crippen molar-refractivity contribution < 1.29 is 14.1 Å². The van der Waals surface area contributed by atoms with Crippen LogP contribution in [0.5, 0.6) is 0 Å². The third-order valence-electron chi connectivity index (χ3n) is 1.27. The summed E-state index contributed by atoms with van der Waals surface area (Å²) in [5.74, 6) is 0.879. The largest absolute Gasteiger partial charge is 0.450 e. The molecule has 0 aromatic carbocycles. The number of hydrogen-bond acceptors (Lipinski definition) is 5. The van der Waals surface area contributed by atoms with E-state index < -0.39 is 11.7 Å². The molecule has 4 nitrogen and oxygen atoms in total. The smallest absolute Gasteiger partial charge is 0.413 e. The van der Waals surface area contributed by atoms with Crippen LogP contribution in [-0.2, 0) is 21.1 Å². The van der Waals surface area contributed by atoms with Crippen LogP contribution >= 0.6 is 17.0 Å². The molecule has 1 N–H and O–H groups in total. The molecule has 0 rings (SSSR count). The molecule has 0 heterocycles. The highest BCUT2D eigenvalue weighted by atomic mass is 32.9. The molecule has 0 saturated carbocycles. The number of amides is 1. The first-order valence-electron chi connectivity index (χ1n) is 4.92. The Morgan fingerprint density at radius 3 is 2.53 bits per heavy atom. The zero-order valence-electron chi connectivity index (χ0n) is 9.32. The molecule has 0 fully saturated rings. The van der Waals surface area contributed by atoms with E-state index in [0.29, 0.717) is 13.2 Å². The normalized spacial score (nSPS) is 14.3. The van der Waals surface area contributed by atoms with Crippen LogP contribution in [0.15, 0.2) is 0 Å². The lowest BCUT2D eigenvalue weighted by Crippen LogP contribution is -2.21. The molecule has 1 amide bonds. The third-order valence-corrected chi connectivity index (χ3v) is 6.95. The Kier molecular flexibility index (Phi) is 8.52. The fourth-order valence-corrected chi connectivity index (χ4v) is 5.45. The summed E-state index contributed by atoms with van der Waals surface area (Å²) in [6.07, 6.45) is 0.513. The van der Waals surface area contributed by atoms with Crippen molar-refractivity contribution in [3.05, 3.63) is 0 Å². The Bertz CT molecular complexity index is 238. The highest BCUT2D eigenvalue weighted by Crippen LogP contribution is 2.56. The lowest BCUT2D eigenvalue weighted by atomic mass is 10.6. The van der Waals surface area contributed by atoms with Crippen LogP contribution in [0.1, 0.15) is 27.2 Å². The van der Waals surface area contributed by atoms with E-state index in [2.05, 4.69) is 12.0 Å². The summed E-state index contributed by atoms with van der Waals surface area (Å²) in [5.41, 5.74) is -2.30. The molecular weight excluding hydrogens is 253 g/mol. The van der Waals surface area contributed by atoms with Crippen LogP contribution < -0.4 is 5.09 Å². The van der Waals surface area contributed by atoms with Crippen LogP contribution in [0.25, 0.3) is 0 Å². The van der Waals surface area contributed by atoms with Crippen molar-refractivity contribution in [2.24, 2.45) is 0 Å². The van der Waals surface area contributed by atoms with E-state index in [1.807, 2.05) is 6.92 Å². The molecule has 0 aliphatic carbocycles. The molecule has 90 valence electrons. The van der Waals surface area contributed by atoms with Crippen LogP contribution in [-0.4, -0.2) is 25.1 Å². The summed E-state index contributed by atoms with van der Waals surface area (Å²) in [4.78, 5) is 11.2. The van der Waals surface area contributed by atoms with Gasteiger partial charge in [0.05, 0.1) is 13.2 Å². The van der Waals surface area contributed by atoms with Crippen molar-refractivity contribution >= 4 is 34.9 Å². The van der Waals surface area contributed by atoms with Crippen molar-refractivity contribution in [3.63, 3.8) is 0 Å². The van der Waals surface area contributed by atoms with Crippen LogP contribution in [0.2, 0.25) is 0 Å². The second kappa shape index (κ2) is 8.39. The van der Waals surface area contributed by atoms with Gasteiger partial charge in [-0.3, -0.25) is 5.09 Å². The zero-order valence-corrected chi connectivity index (χ0v) is 11.8. The van der Waals surface area contributed by atoms with Gasteiger partial charge in [-0.25, -0.2) is 4.79 Å². The second-order valence-corrected chi connectivity index (χ2v) is 9.28. The van der Waals surface area contributed by atoms with Crippen LogP contribution in [0, 0.1) is 0 Å². The summed E-state index contributed by atoms with van der Waals surface area (Å²) in [5, 5.41) is 2.64. The molecule has 0 radical (unpaired) electrons. The Morgan fingerprint density at radius 2 is 2.07 bits per heavy atom. The van der Waals surface area contributed by atoms with Gasteiger partial charge in [-0.2, -0.15) is 0 Å². The zero-order chi connectivity index (χ0) is 11.7. The van der Waals surface area contributed by atoms with Gasteiger partial charge < -0.3 is 9.26 Å². The Labute approximate surface area is 100 Å². The minimum absolute atomic E-state index is 0.339. The van der Waals surface area contributed by atoms with Gasteiger partial charge in [-0.1, -0.05) is 18.3 Å². The molecule has 7 heteroatoms. The summed E-state index contributed by atoms with van der Waals surface area (Å²) < 4.78 is 10.2. The molecule has 0 bridgehead atoms. The minimum atomic E-state index is -2.30. The van der Waals surface area contributed by atoms with Crippen molar-refractivity contribution in [1.82, 2.24) is 5.09 Å². The quantitative estimate of drug-likeness (QED) is 0.721. The second-order valence-electron chi connectivity index (χ2n) is 2.58. The maximum absolute atomic E-state index is 11.2. The van der Waals surface area contributed by atoms with Gasteiger partial charge >= 0.3 is 6.09 Å². The van der Waals surface area contributed by atoms with E-state index in [1.54, 1.807) is 6.92 Å². The lowest BCUT2D eigenvalue weighted by molar-refractivity contribution is 0.158. The van der Waals surface area contributed by atoms with E-state index in [1.165, 1.54) is 11.4 Å². The number of carbonyl (C=O) groups excluding carboxylic acids is 1. The molecule has 0 aromatic rings. The van der Waals surface area contributed by atoms with E-state index in [-0.39, 0.29) is 0 Å². The molecule has 1 unspecified atom stereocenters. The van der Waals surface area contributed by atoms with Crippen molar-refractivity contribution in [2.75, 3.05) is 19.0 Å². The van der Waals surface area contributed by atoms with E-state index >= 15 is 0 Å². The van der Waals surface area contributed by atoms with Gasteiger partial charge in [0.1, 0.15) is 0 Å². The van der Waals surface area contributed by atoms with Crippen LogP contribution in [0.3, 0.4) is 0 Å². The highest BCUT2D eigenvalue weighted by molar-refractivity contribution is 8.68. The maximum Gasteiger partial charge on any atom is 0.413 e. The fourth-order valence-electron chi connectivity index (χ4n) is 0.758. The van der Waals surface area contributed by atoms with Gasteiger partial charge in [0.2, 0.25) is 5.62 Å². The van der Waals surface area contributed by atoms with Gasteiger partial charge in [-0.05, 0) is 32.1 Å². The lowest BCUT2D eigenvalue weighted by Gasteiger charge is -2.20. The third kappa shape index (κ3) is 7.17. The molecule has 0 aliphatic heterocycles. The van der Waals surface area contributed by atoms with Gasteiger partial charge in [-0.15, -0.1) is 0 Å². The topological polar surface area (TPSA) is 47.6 Å². The highest BCUT2D eigenvalue weighted by Gasteiger charge is 2.21. The van der Waals surface area contributed by atoms with E-state index in [0.717, 1.165) is 12.2 Å². The number of hydrogen-bond donors (Lipinski definition) is 1. The predicted molar refractivity (Wildman–Crippen MR) is 68.8 cm³/mol. The molecule has 0 spiro atoms. The average Bonchev–Trinajstić information content (AvgIpc) is 2.15. The summed E-state index contributed by atoms with van der Waals surface area (Å²) >= 11 is 6.79. The minimum Gasteiger partial charge on any atom is -0.450 e. The first-order valence-corrected chi connectivity index (χ1v) is 9.23. The molecular formula is C8H18NO3PS2. The average molecular weight is 271 g/mol. The van der Waals surface area contributed by atoms with Gasteiger partial charge in [0, 0.05) is 5.75 Å². The number of carbonyl (C=O) groups is 1.